The van der Waals surface area contributed by atoms with Gasteiger partial charge in [-0.2, -0.15) is 13.2 Å². The predicted molar refractivity (Wildman–Crippen MR) is 117 cm³/mol. The van der Waals surface area contributed by atoms with Gasteiger partial charge in [-0.1, -0.05) is 72.8 Å². The molecule has 0 aliphatic carbocycles. The van der Waals surface area contributed by atoms with Gasteiger partial charge in [0.2, 0.25) is 5.91 Å². The molecular weight excluding hydrogens is 433 g/mol. The molecule has 172 valence electrons. The molecule has 0 bridgehead atoms. The van der Waals surface area contributed by atoms with E-state index >= 15 is 0 Å². The molecule has 2 N–H and O–H groups in total. The van der Waals surface area contributed by atoms with Crippen LogP contribution in [0.2, 0.25) is 0 Å². The van der Waals surface area contributed by atoms with Crippen molar-refractivity contribution < 1.29 is 27.5 Å². The van der Waals surface area contributed by atoms with Crippen LogP contribution in [0.4, 0.5) is 13.2 Å². The fraction of sp³-hybridized carbons (Fsp3) is 0.200. The fourth-order valence-electron chi connectivity index (χ4n) is 3.08. The van der Waals surface area contributed by atoms with Crippen molar-refractivity contribution in [2.24, 2.45) is 0 Å². The maximum absolute atomic E-state index is 12.9. The van der Waals surface area contributed by atoms with Crippen molar-refractivity contribution in [3.05, 3.63) is 107 Å². The second kappa shape index (κ2) is 11.3. The molecule has 0 fully saturated rings. The van der Waals surface area contributed by atoms with Crippen LogP contribution in [0, 0.1) is 0 Å². The van der Waals surface area contributed by atoms with Crippen LogP contribution in [0.3, 0.4) is 0 Å². The minimum absolute atomic E-state index is 0.159. The number of carbonyl (C=O) groups excluding carboxylic acids is 2. The third kappa shape index (κ3) is 7.76. The van der Waals surface area contributed by atoms with E-state index in [1.165, 1.54) is 0 Å². The van der Waals surface area contributed by atoms with Crippen molar-refractivity contribution in [1.29, 1.82) is 0 Å². The van der Waals surface area contributed by atoms with Crippen LogP contribution in [0.1, 0.15) is 33.1 Å². The Labute approximate surface area is 189 Å². The Morgan fingerprint density at radius 2 is 1.39 bits per heavy atom. The molecule has 8 heteroatoms. The summed E-state index contributed by atoms with van der Waals surface area (Å²) in [5, 5.41) is 5.57. The third-order valence-electron chi connectivity index (χ3n) is 4.73. The number of benzene rings is 3. The largest absolute Gasteiger partial charge is 0.411 e. The van der Waals surface area contributed by atoms with Crippen molar-refractivity contribution in [1.82, 2.24) is 10.6 Å². The Kier molecular flexibility index (Phi) is 8.21. The minimum Gasteiger partial charge on any atom is -0.367 e. The summed E-state index contributed by atoms with van der Waals surface area (Å²) in [7, 11) is 0. The van der Waals surface area contributed by atoms with Crippen LogP contribution in [0.15, 0.2) is 84.9 Å². The lowest BCUT2D eigenvalue weighted by Gasteiger charge is -2.19. The lowest BCUT2D eigenvalue weighted by atomic mass is 10.0. The average Bonchev–Trinajstić information content (AvgIpc) is 2.82. The molecule has 33 heavy (non-hydrogen) atoms. The van der Waals surface area contributed by atoms with Crippen LogP contribution >= 0.6 is 0 Å². The number of nitrogens with one attached hydrogen (secondary N) is 2. The minimum atomic E-state index is -4.37. The van der Waals surface area contributed by atoms with Crippen LogP contribution in [-0.2, 0) is 22.7 Å². The Morgan fingerprint density at radius 3 is 2.00 bits per heavy atom. The maximum Gasteiger partial charge on any atom is 0.411 e. The molecule has 1 atom stereocenters. The summed E-state index contributed by atoms with van der Waals surface area (Å²) in [4.78, 5) is 25.6. The van der Waals surface area contributed by atoms with E-state index in [4.69, 9.17) is 0 Å². The van der Waals surface area contributed by atoms with Crippen LogP contribution in [0.5, 0.6) is 0 Å². The number of rotatable bonds is 9. The van der Waals surface area contributed by atoms with Gasteiger partial charge in [-0.05, 0) is 28.8 Å². The van der Waals surface area contributed by atoms with Gasteiger partial charge in [0.25, 0.3) is 5.91 Å². The summed E-state index contributed by atoms with van der Waals surface area (Å²) >= 11 is 0. The molecular formula is C25H23F3N2O3. The molecule has 5 nitrogen and oxygen atoms in total. The van der Waals surface area contributed by atoms with Crippen LogP contribution in [-0.4, -0.2) is 24.6 Å². The standard InChI is InChI=1S/C25H23F3N2O3/c26-25(27,28)17-33-16-19-13-11-18(12-14-19)15-29-24(32)22(20-7-3-1-4-8-20)30-23(31)21-9-5-2-6-10-21/h1-14,22H,15-17H2,(H,29,32)(H,30,31). The van der Waals surface area contributed by atoms with E-state index in [0.29, 0.717) is 16.7 Å². The first-order chi connectivity index (χ1) is 15.8. The summed E-state index contributed by atoms with van der Waals surface area (Å²) in [5.41, 5.74) is 2.42. The quantitative estimate of drug-likeness (QED) is 0.496. The van der Waals surface area contributed by atoms with E-state index in [1.807, 2.05) is 6.07 Å². The number of halogens is 3. The van der Waals surface area contributed by atoms with E-state index in [0.717, 1.165) is 5.56 Å². The van der Waals surface area contributed by atoms with E-state index in [2.05, 4.69) is 15.4 Å². The van der Waals surface area contributed by atoms with Crippen molar-refractivity contribution >= 4 is 11.8 Å². The summed E-state index contributed by atoms with van der Waals surface area (Å²) in [6.07, 6.45) is -4.37. The first-order valence-electron chi connectivity index (χ1n) is 10.2. The second-order valence-corrected chi connectivity index (χ2v) is 7.33. The summed E-state index contributed by atoms with van der Waals surface area (Å²) in [6, 6.07) is 23.3. The number of hydrogen-bond acceptors (Lipinski definition) is 3. The van der Waals surface area contributed by atoms with Crippen molar-refractivity contribution in [3.8, 4) is 0 Å². The molecule has 1 unspecified atom stereocenters. The molecule has 3 rings (SSSR count). The van der Waals surface area contributed by atoms with Gasteiger partial charge in [-0.15, -0.1) is 0 Å². The highest BCUT2D eigenvalue weighted by molar-refractivity contribution is 5.97. The Balaban J connectivity index is 1.61. The number of ether oxygens (including phenoxy) is 1. The summed E-state index contributed by atoms with van der Waals surface area (Å²) in [5.74, 6) is -0.758. The molecule has 0 radical (unpaired) electrons. The lowest BCUT2D eigenvalue weighted by Crippen LogP contribution is -2.40. The average molecular weight is 456 g/mol. The van der Waals surface area contributed by atoms with E-state index in [9.17, 15) is 22.8 Å². The molecule has 0 saturated carbocycles. The monoisotopic (exact) mass is 456 g/mol. The Hall–Kier alpha value is -3.65. The molecule has 0 spiro atoms. The smallest absolute Gasteiger partial charge is 0.367 e. The fourth-order valence-corrected chi connectivity index (χ4v) is 3.08. The third-order valence-corrected chi connectivity index (χ3v) is 4.73. The number of hydrogen-bond donors (Lipinski definition) is 2. The molecule has 3 aromatic rings. The van der Waals surface area contributed by atoms with Gasteiger partial charge in [-0.25, -0.2) is 0 Å². The lowest BCUT2D eigenvalue weighted by molar-refractivity contribution is -0.176. The molecule has 2 amide bonds. The topological polar surface area (TPSA) is 67.4 Å². The molecule has 0 heterocycles. The highest BCUT2D eigenvalue weighted by atomic mass is 19.4. The van der Waals surface area contributed by atoms with Gasteiger partial charge in [0, 0.05) is 12.1 Å². The summed E-state index contributed by atoms with van der Waals surface area (Å²) < 4.78 is 41.2. The zero-order chi connectivity index (χ0) is 23.7. The van der Waals surface area contributed by atoms with Gasteiger partial charge in [-0.3, -0.25) is 9.59 Å². The maximum atomic E-state index is 12.9. The molecule has 0 aliphatic heterocycles. The molecule has 0 aromatic heterocycles. The van der Waals surface area contributed by atoms with Crippen molar-refractivity contribution in [3.63, 3.8) is 0 Å². The zero-order valence-corrected chi connectivity index (χ0v) is 17.6. The van der Waals surface area contributed by atoms with Crippen molar-refractivity contribution in [2.75, 3.05) is 6.61 Å². The molecule has 3 aromatic carbocycles. The Morgan fingerprint density at radius 1 is 0.818 bits per heavy atom. The highest BCUT2D eigenvalue weighted by Crippen LogP contribution is 2.17. The van der Waals surface area contributed by atoms with Crippen LogP contribution in [0.25, 0.3) is 0 Å². The van der Waals surface area contributed by atoms with E-state index < -0.39 is 18.8 Å². The Bertz CT molecular complexity index is 1040. The predicted octanol–water partition coefficient (Wildman–Crippen LogP) is 4.55. The van der Waals surface area contributed by atoms with Gasteiger partial charge < -0.3 is 15.4 Å². The summed E-state index contributed by atoms with van der Waals surface area (Å²) in [6.45, 7) is -1.28. The SMILES string of the molecule is O=C(NC(C(=O)NCc1ccc(COCC(F)(F)F)cc1)c1ccccc1)c1ccccc1. The first-order valence-corrected chi connectivity index (χ1v) is 10.2. The van der Waals surface area contributed by atoms with E-state index in [1.54, 1.807) is 78.9 Å². The zero-order valence-electron chi connectivity index (χ0n) is 17.6. The van der Waals surface area contributed by atoms with Gasteiger partial charge in [0.1, 0.15) is 12.6 Å². The second-order valence-electron chi connectivity index (χ2n) is 7.33. The number of amides is 2. The number of carbonyl (C=O) groups is 2. The normalized spacial score (nSPS) is 12.1. The van der Waals surface area contributed by atoms with Gasteiger partial charge in [0.15, 0.2) is 0 Å². The van der Waals surface area contributed by atoms with Gasteiger partial charge in [0.05, 0.1) is 6.61 Å². The van der Waals surface area contributed by atoms with E-state index in [-0.39, 0.29) is 25.0 Å². The van der Waals surface area contributed by atoms with Crippen LogP contribution < -0.4 is 10.6 Å². The number of alkyl halides is 3. The molecule has 0 aliphatic rings. The van der Waals surface area contributed by atoms with Gasteiger partial charge >= 0.3 is 6.18 Å². The first kappa shape index (κ1) is 24.0. The highest BCUT2D eigenvalue weighted by Gasteiger charge is 2.27. The van der Waals surface area contributed by atoms with Crippen molar-refractivity contribution in [2.45, 2.75) is 25.4 Å². The molecule has 0 saturated heterocycles.